The Balaban J connectivity index is 1.60. The van der Waals surface area contributed by atoms with Gasteiger partial charge in [0.05, 0.1) is 17.5 Å². The van der Waals surface area contributed by atoms with Gasteiger partial charge >= 0.3 is 6.18 Å². The SMILES string of the molecule is CCc1c(C(=O)N2CCC(CN(C)c3ccc(C(F)(F)F)nn3)C2)cnn1C. The monoisotopic (exact) mass is 396 g/mol. The highest BCUT2D eigenvalue weighted by molar-refractivity contribution is 5.95. The van der Waals surface area contributed by atoms with Crippen LogP contribution < -0.4 is 4.90 Å². The molecule has 0 aromatic carbocycles. The van der Waals surface area contributed by atoms with Crippen LogP contribution in [-0.4, -0.2) is 57.5 Å². The fourth-order valence-electron chi connectivity index (χ4n) is 3.56. The van der Waals surface area contributed by atoms with E-state index in [-0.39, 0.29) is 11.8 Å². The highest BCUT2D eigenvalue weighted by atomic mass is 19.4. The predicted molar refractivity (Wildman–Crippen MR) is 96.9 cm³/mol. The molecule has 2 aromatic rings. The number of carbonyl (C=O) groups excluding carboxylic acids is 1. The van der Waals surface area contributed by atoms with Crippen molar-refractivity contribution >= 4 is 11.7 Å². The van der Waals surface area contributed by atoms with Gasteiger partial charge in [0.2, 0.25) is 0 Å². The zero-order valence-corrected chi connectivity index (χ0v) is 16.1. The molecule has 2 aromatic heterocycles. The van der Waals surface area contributed by atoms with E-state index in [0.717, 1.165) is 24.6 Å². The quantitative estimate of drug-likeness (QED) is 0.776. The number of rotatable bonds is 5. The summed E-state index contributed by atoms with van der Waals surface area (Å²) >= 11 is 0. The van der Waals surface area contributed by atoms with Gasteiger partial charge in [-0.3, -0.25) is 9.48 Å². The van der Waals surface area contributed by atoms with Gasteiger partial charge in [0.15, 0.2) is 11.5 Å². The zero-order chi connectivity index (χ0) is 20.5. The molecule has 3 rings (SSSR count). The second-order valence-corrected chi connectivity index (χ2v) is 7.04. The van der Waals surface area contributed by atoms with Gasteiger partial charge in [-0.15, -0.1) is 10.2 Å². The Morgan fingerprint density at radius 2 is 2.07 bits per heavy atom. The molecular formula is C18H23F3N6O. The minimum absolute atomic E-state index is 0.0237. The fourth-order valence-corrected chi connectivity index (χ4v) is 3.56. The van der Waals surface area contributed by atoms with Crippen molar-refractivity contribution < 1.29 is 18.0 Å². The number of amides is 1. The second-order valence-electron chi connectivity index (χ2n) is 7.04. The van der Waals surface area contributed by atoms with Crippen molar-refractivity contribution in [2.75, 3.05) is 31.6 Å². The van der Waals surface area contributed by atoms with E-state index in [9.17, 15) is 18.0 Å². The maximum absolute atomic E-state index is 12.8. The summed E-state index contributed by atoms with van der Waals surface area (Å²) in [5.41, 5.74) is 0.531. The van der Waals surface area contributed by atoms with Crippen LogP contribution in [0.5, 0.6) is 0 Å². The summed E-state index contributed by atoms with van der Waals surface area (Å²) < 4.78 is 39.5. The lowest BCUT2D eigenvalue weighted by molar-refractivity contribution is -0.141. The Morgan fingerprint density at radius 1 is 1.32 bits per heavy atom. The number of anilines is 1. The van der Waals surface area contributed by atoms with E-state index in [1.165, 1.54) is 6.07 Å². The number of halogens is 3. The molecule has 152 valence electrons. The highest BCUT2D eigenvalue weighted by Crippen LogP contribution is 2.28. The number of alkyl halides is 3. The lowest BCUT2D eigenvalue weighted by Gasteiger charge is -2.22. The molecule has 1 atom stereocenters. The molecule has 0 bridgehead atoms. The van der Waals surface area contributed by atoms with Gasteiger partial charge in [0.25, 0.3) is 5.91 Å². The Hall–Kier alpha value is -2.65. The summed E-state index contributed by atoms with van der Waals surface area (Å²) in [6.45, 7) is 3.81. The number of aryl methyl sites for hydroxylation is 1. The van der Waals surface area contributed by atoms with Crippen LogP contribution in [0.3, 0.4) is 0 Å². The molecule has 1 unspecified atom stereocenters. The number of likely N-dealkylation sites (tertiary alicyclic amines) is 1. The van der Waals surface area contributed by atoms with Gasteiger partial charge in [0.1, 0.15) is 0 Å². The van der Waals surface area contributed by atoms with Gasteiger partial charge in [-0.25, -0.2) is 0 Å². The second kappa shape index (κ2) is 7.76. The number of hydrogen-bond acceptors (Lipinski definition) is 5. The largest absolute Gasteiger partial charge is 0.435 e. The molecule has 28 heavy (non-hydrogen) atoms. The van der Waals surface area contributed by atoms with E-state index in [0.29, 0.717) is 31.0 Å². The van der Waals surface area contributed by atoms with E-state index in [1.54, 1.807) is 22.8 Å². The van der Waals surface area contributed by atoms with Gasteiger partial charge in [-0.05, 0) is 30.9 Å². The van der Waals surface area contributed by atoms with E-state index < -0.39 is 11.9 Å². The molecular weight excluding hydrogens is 373 g/mol. The smallest absolute Gasteiger partial charge is 0.358 e. The van der Waals surface area contributed by atoms with Gasteiger partial charge in [-0.1, -0.05) is 6.92 Å². The third-order valence-corrected chi connectivity index (χ3v) is 5.06. The standard InChI is InChI=1S/C18H23F3N6O/c1-4-14-13(9-22-26(14)3)17(28)27-8-7-12(11-27)10-25(2)16-6-5-15(23-24-16)18(19,20)21/h5-6,9,12H,4,7-8,10-11H2,1-3H3. The first-order chi connectivity index (χ1) is 13.2. The molecule has 1 aliphatic heterocycles. The molecule has 3 heterocycles. The molecule has 0 radical (unpaired) electrons. The van der Waals surface area contributed by atoms with Gasteiger partial charge in [0, 0.05) is 33.7 Å². The Labute approximate surface area is 161 Å². The lowest BCUT2D eigenvalue weighted by Crippen LogP contribution is -2.32. The fraction of sp³-hybridized carbons (Fsp3) is 0.556. The van der Waals surface area contributed by atoms with E-state index in [1.807, 2.05) is 18.9 Å². The summed E-state index contributed by atoms with van der Waals surface area (Å²) in [7, 11) is 3.58. The first-order valence-corrected chi connectivity index (χ1v) is 9.13. The van der Waals surface area contributed by atoms with Crippen molar-refractivity contribution in [3.63, 3.8) is 0 Å². The number of hydrogen-bond donors (Lipinski definition) is 0. The Morgan fingerprint density at radius 3 is 2.68 bits per heavy atom. The van der Waals surface area contributed by atoms with Crippen molar-refractivity contribution in [3.05, 3.63) is 35.3 Å². The molecule has 1 saturated heterocycles. The highest BCUT2D eigenvalue weighted by Gasteiger charge is 2.33. The maximum Gasteiger partial charge on any atom is 0.435 e. The van der Waals surface area contributed by atoms with Crippen LogP contribution in [-0.2, 0) is 19.6 Å². The van der Waals surface area contributed by atoms with Crippen molar-refractivity contribution in [2.45, 2.75) is 25.9 Å². The summed E-state index contributed by atoms with van der Waals surface area (Å²) in [6.07, 6.45) is -1.34. The van der Waals surface area contributed by atoms with Crippen molar-refractivity contribution in [2.24, 2.45) is 13.0 Å². The predicted octanol–water partition coefficient (Wildman–Crippen LogP) is 2.39. The molecule has 7 nitrogen and oxygen atoms in total. The lowest BCUT2D eigenvalue weighted by atomic mass is 10.1. The Kier molecular flexibility index (Phi) is 5.57. The molecule has 1 aliphatic rings. The van der Waals surface area contributed by atoms with Crippen LogP contribution in [0.1, 0.15) is 35.1 Å². The van der Waals surface area contributed by atoms with E-state index in [4.69, 9.17) is 0 Å². The zero-order valence-electron chi connectivity index (χ0n) is 16.1. The third kappa shape index (κ3) is 4.10. The van der Waals surface area contributed by atoms with Crippen LogP contribution >= 0.6 is 0 Å². The normalized spacial score (nSPS) is 17.2. The van der Waals surface area contributed by atoms with Gasteiger partial charge < -0.3 is 9.80 Å². The van der Waals surface area contributed by atoms with Gasteiger partial charge in [-0.2, -0.15) is 18.3 Å². The molecule has 0 saturated carbocycles. The van der Waals surface area contributed by atoms with E-state index >= 15 is 0 Å². The molecule has 0 spiro atoms. The van der Waals surface area contributed by atoms with Crippen LogP contribution in [0.2, 0.25) is 0 Å². The summed E-state index contributed by atoms with van der Waals surface area (Å²) in [5, 5.41) is 11.1. The number of aromatic nitrogens is 4. The van der Waals surface area contributed by atoms with E-state index in [2.05, 4.69) is 15.3 Å². The molecule has 1 amide bonds. The van der Waals surface area contributed by atoms with Crippen LogP contribution in [0.4, 0.5) is 19.0 Å². The van der Waals surface area contributed by atoms with Crippen molar-refractivity contribution in [1.82, 2.24) is 24.9 Å². The average Bonchev–Trinajstić information content (AvgIpc) is 3.27. The molecule has 0 N–H and O–H groups in total. The summed E-state index contributed by atoms with van der Waals surface area (Å²) in [6, 6.07) is 2.24. The third-order valence-electron chi connectivity index (χ3n) is 5.06. The summed E-state index contributed by atoms with van der Waals surface area (Å²) in [5.74, 6) is 0.558. The average molecular weight is 396 g/mol. The number of nitrogens with zero attached hydrogens (tertiary/aromatic N) is 6. The van der Waals surface area contributed by atoms with Crippen LogP contribution in [0.25, 0.3) is 0 Å². The van der Waals surface area contributed by atoms with Crippen molar-refractivity contribution in [1.29, 1.82) is 0 Å². The van der Waals surface area contributed by atoms with Crippen molar-refractivity contribution in [3.8, 4) is 0 Å². The minimum Gasteiger partial charge on any atom is -0.358 e. The van der Waals surface area contributed by atoms with Crippen LogP contribution in [0, 0.1) is 5.92 Å². The topological polar surface area (TPSA) is 67.2 Å². The first-order valence-electron chi connectivity index (χ1n) is 9.13. The Bertz CT molecular complexity index is 833. The van der Waals surface area contributed by atoms with Crippen LogP contribution in [0.15, 0.2) is 18.3 Å². The summed E-state index contributed by atoms with van der Waals surface area (Å²) in [4.78, 5) is 16.4. The minimum atomic E-state index is -4.50. The molecule has 0 aliphatic carbocycles. The molecule has 1 fully saturated rings. The first kappa shape index (κ1) is 20.1. The number of carbonyl (C=O) groups is 1. The molecule has 10 heteroatoms. The maximum atomic E-state index is 12.8.